The first-order valence-electron chi connectivity index (χ1n) is 9.99. The lowest BCUT2D eigenvalue weighted by atomic mass is 10.0. The number of anilines is 1. The van der Waals surface area contributed by atoms with E-state index in [0.717, 1.165) is 53.3 Å². The van der Waals surface area contributed by atoms with Gasteiger partial charge in [0.05, 0.1) is 24.9 Å². The van der Waals surface area contributed by atoms with E-state index in [1.807, 2.05) is 0 Å². The molecule has 2 heterocycles. The molecular formula is C22H29N3O3. The van der Waals surface area contributed by atoms with Gasteiger partial charge in [-0.25, -0.2) is 9.78 Å². The van der Waals surface area contributed by atoms with E-state index in [-0.39, 0.29) is 0 Å². The van der Waals surface area contributed by atoms with Gasteiger partial charge in [-0.2, -0.15) is 0 Å². The second-order valence-electron chi connectivity index (χ2n) is 6.84. The molecule has 6 heteroatoms. The molecule has 6 nitrogen and oxygen atoms in total. The van der Waals surface area contributed by atoms with Crippen LogP contribution < -0.4 is 4.90 Å². The number of esters is 1. The summed E-state index contributed by atoms with van der Waals surface area (Å²) in [6.45, 7) is 8.74. The molecule has 0 spiro atoms. The topological polar surface area (TPSA) is 67.5 Å². The van der Waals surface area contributed by atoms with E-state index in [1.54, 1.807) is 20.2 Å². The minimum atomic E-state index is -0.415. The number of nitrogens with zero attached hydrogens (tertiary/aromatic N) is 2. The normalized spacial score (nSPS) is 11.3. The largest absolute Gasteiger partial charge is 0.461 e. The number of rotatable bonds is 9. The van der Waals surface area contributed by atoms with Gasteiger partial charge in [-0.05, 0) is 31.9 Å². The third-order valence-corrected chi connectivity index (χ3v) is 4.83. The summed E-state index contributed by atoms with van der Waals surface area (Å²) in [5.41, 5.74) is 4.20. The Balaban J connectivity index is 2.32. The molecule has 0 saturated carbocycles. The van der Waals surface area contributed by atoms with Crippen molar-refractivity contribution in [3.05, 3.63) is 35.7 Å². The van der Waals surface area contributed by atoms with Gasteiger partial charge in [0.1, 0.15) is 0 Å². The molecule has 0 radical (unpaired) electrons. The van der Waals surface area contributed by atoms with Crippen molar-refractivity contribution >= 4 is 33.5 Å². The number of methoxy groups -OCH3 is 1. The summed E-state index contributed by atoms with van der Waals surface area (Å²) in [5, 5.41) is 2.10. The minimum absolute atomic E-state index is 0.293. The Morgan fingerprint density at radius 1 is 1.11 bits per heavy atom. The lowest BCUT2D eigenvalue weighted by Crippen LogP contribution is -2.25. The Bertz CT molecular complexity index is 958. The first-order chi connectivity index (χ1) is 13.7. The fraction of sp³-hybridized carbons (Fsp3) is 0.455. The van der Waals surface area contributed by atoms with E-state index in [0.29, 0.717) is 18.9 Å². The highest BCUT2D eigenvalue weighted by atomic mass is 16.5. The lowest BCUT2D eigenvalue weighted by Gasteiger charge is -2.25. The quantitative estimate of drug-likeness (QED) is 0.544. The average molecular weight is 383 g/mol. The first kappa shape index (κ1) is 20.1. The summed E-state index contributed by atoms with van der Waals surface area (Å²) < 4.78 is 10.7. The van der Waals surface area contributed by atoms with Gasteiger partial charge < -0.3 is 19.4 Å². The van der Waals surface area contributed by atoms with Crippen LogP contribution in [-0.2, 0) is 16.1 Å². The first-order valence-corrected chi connectivity index (χ1v) is 9.99. The van der Waals surface area contributed by atoms with Gasteiger partial charge in [0.15, 0.2) is 5.69 Å². The predicted molar refractivity (Wildman–Crippen MR) is 113 cm³/mol. The van der Waals surface area contributed by atoms with Crippen molar-refractivity contribution in [1.29, 1.82) is 0 Å². The number of hydrogen-bond acceptors (Lipinski definition) is 5. The number of ether oxygens (including phenoxy) is 2. The van der Waals surface area contributed by atoms with E-state index in [4.69, 9.17) is 9.47 Å². The molecule has 0 unspecified atom stereocenters. The highest BCUT2D eigenvalue weighted by Gasteiger charge is 2.22. The van der Waals surface area contributed by atoms with Crippen LogP contribution in [0.2, 0.25) is 0 Å². The third-order valence-electron chi connectivity index (χ3n) is 4.83. The molecule has 0 aliphatic heterocycles. The summed E-state index contributed by atoms with van der Waals surface area (Å²) in [4.78, 5) is 22.8. The molecule has 3 rings (SSSR count). The highest BCUT2D eigenvalue weighted by Crippen LogP contribution is 2.37. The van der Waals surface area contributed by atoms with Gasteiger partial charge in [0.2, 0.25) is 0 Å². The van der Waals surface area contributed by atoms with Crippen LogP contribution in [0.5, 0.6) is 0 Å². The number of hydrogen-bond donors (Lipinski definition) is 1. The number of benzene rings is 1. The predicted octanol–water partition coefficient (Wildman–Crippen LogP) is 4.67. The van der Waals surface area contributed by atoms with Crippen LogP contribution in [0.25, 0.3) is 21.8 Å². The molecule has 0 atom stereocenters. The number of H-pyrrole nitrogens is 1. The summed E-state index contributed by atoms with van der Waals surface area (Å²) in [5.74, 6) is -0.415. The van der Waals surface area contributed by atoms with Gasteiger partial charge in [0.25, 0.3) is 0 Å². The monoisotopic (exact) mass is 383 g/mol. The molecule has 0 aliphatic carbocycles. The van der Waals surface area contributed by atoms with Crippen molar-refractivity contribution in [3.63, 3.8) is 0 Å². The zero-order valence-corrected chi connectivity index (χ0v) is 17.2. The standard InChI is InChI=1S/C22H29N3O3/c1-5-11-25(12-6-2)18-10-8-9-16-20(18)19-15(14-27-4)21(22(26)28-7-3)23-13-17(19)24-16/h8-10,13,24H,5-7,11-12,14H2,1-4H3. The van der Waals surface area contributed by atoms with Gasteiger partial charge in [-0.3, -0.25) is 0 Å². The maximum atomic E-state index is 12.5. The number of nitrogens with one attached hydrogen (secondary N) is 1. The second kappa shape index (κ2) is 9.06. The van der Waals surface area contributed by atoms with Crippen LogP contribution in [0, 0.1) is 0 Å². The van der Waals surface area contributed by atoms with Crippen LogP contribution in [0.15, 0.2) is 24.4 Å². The zero-order valence-electron chi connectivity index (χ0n) is 17.2. The Labute approximate surface area is 165 Å². The molecule has 0 aliphatic rings. The molecule has 2 aromatic heterocycles. The number of pyridine rings is 1. The van der Waals surface area contributed by atoms with Crippen LogP contribution in [0.1, 0.15) is 49.7 Å². The molecule has 28 heavy (non-hydrogen) atoms. The number of fused-ring (bicyclic) bond motifs is 3. The van der Waals surface area contributed by atoms with Gasteiger partial charge in [-0.1, -0.05) is 19.9 Å². The van der Waals surface area contributed by atoms with E-state index < -0.39 is 5.97 Å². The fourth-order valence-electron chi connectivity index (χ4n) is 3.80. The SMILES string of the molecule is CCCN(CCC)c1cccc2[nH]c3cnc(C(=O)OCC)c(COC)c3c12. The summed E-state index contributed by atoms with van der Waals surface area (Å²) >= 11 is 0. The number of aromatic nitrogens is 2. The zero-order chi connectivity index (χ0) is 20.1. The van der Waals surface area contributed by atoms with Crippen molar-refractivity contribution in [1.82, 2.24) is 9.97 Å². The molecule has 0 fully saturated rings. The lowest BCUT2D eigenvalue weighted by molar-refractivity contribution is 0.0514. The molecule has 150 valence electrons. The van der Waals surface area contributed by atoms with Crippen LogP contribution >= 0.6 is 0 Å². The van der Waals surface area contributed by atoms with Crippen molar-refractivity contribution in [3.8, 4) is 0 Å². The van der Waals surface area contributed by atoms with Gasteiger partial charge >= 0.3 is 5.97 Å². The van der Waals surface area contributed by atoms with Crippen LogP contribution in [-0.4, -0.2) is 42.7 Å². The smallest absolute Gasteiger partial charge is 0.357 e. The minimum Gasteiger partial charge on any atom is -0.461 e. The maximum Gasteiger partial charge on any atom is 0.357 e. The molecule has 0 saturated heterocycles. The van der Waals surface area contributed by atoms with Crippen molar-refractivity contribution in [2.45, 2.75) is 40.2 Å². The molecule has 3 aromatic rings. The Hall–Kier alpha value is -2.60. The second-order valence-corrected chi connectivity index (χ2v) is 6.84. The molecule has 0 amide bonds. The summed E-state index contributed by atoms with van der Waals surface area (Å²) in [7, 11) is 1.63. The maximum absolute atomic E-state index is 12.5. The van der Waals surface area contributed by atoms with E-state index in [2.05, 4.69) is 46.9 Å². The van der Waals surface area contributed by atoms with Crippen LogP contribution in [0.3, 0.4) is 0 Å². The average Bonchev–Trinajstić information content (AvgIpc) is 3.07. The molecular weight excluding hydrogens is 354 g/mol. The van der Waals surface area contributed by atoms with Crippen LogP contribution in [0.4, 0.5) is 5.69 Å². The van der Waals surface area contributed by atoms with Crippen molar-refractivity contribution in [2.24, 2.45) is 0 Å². The fourth-order valence-corrected chi connectivity index (χ4v) is 3.80. The number of carbonyl (C=O) groups is 1. The number of aromatic amines is 1. The third kappa shape index (κ3) is 3.69. The molecule has 1 N–H and O–H groups in total. The highest BCUT2D eigenvalue weighted by molar-refractivity contribution is 6.16. The Kier molecular flexibility index (Phi) is 6.52. The Morgan fingerprint density at radius 2 is 1.86 bits per heavy atom. The van der Waals surface area contributed by atoms with Gasteiger partial charge in [0, 0.05) is 47.7 Å². The van der Waals surface area contributed by atoms with E-state index in [1.165, 1.54) is 5.69 Å². The van der Waals surface area contributed by atoms with Gasteiger partial charge in [-0.15, -0.1) is 0 Å². The summed E-state index contributed by atoms with van der Waals surface area (Å²) in [6, 6.07) is 6.29. The van der Waals surface area contributed by atoms with E-state index >= 15 is 0 Å². The molecule has 1 aromatic carbocycles. The summed E-state index contributed by atoms with van der Waals surface area (Å²) in [6.07, 6.45) is 3.85. The van der Waals surface area contributed by atoms with E-state index in [9.17, 15) is 4.79 Å². The Morgan fingerprint density at radius 3 is 2.50 bits per heavy atom. The number of carbonyl (C=O) groups excluding carboxylic acids is 1. The molecule has 0 bridgehead atoms. The van der Waals surface area contributed by atoms with Crippen molar-refractivity contribution < 1.29 is 14.3 Å². The van der Waals surface area contributed by atoms with Crippen molar-refractivity contribution in [2.75, 3.05) is 31.7 Å².